The van der Waals surface area contributed by atoms with Gasteiger partial charge in [-0.05, 0) is 30.3 Å². The predicted molar refractivity (Wildman–Crippen MR) is 113 cm³/mol. The number of morpholine rings is 1. The average molecular weight is 456 g/mol. The minimum absolute atomic E-state index is 0.140. The van der Waals surface area contributed by atoms with E-state index < -0.39 is 10.0 Å². The lowest BCUT2D eigenvalue weighted by Gasteiger charge is -2.35. The van der Waals surface area contributed by atoms with Crippen molar-refractivity contribution in [3.63, 3.8) is 0 Å². The van der Waals surface area contributed by atoms with Gasteiger partial charge in [0.25, 0.3) is 15.9 Å². The van der Waals surface area contributed by atoms with E-state index >= 15 is 0 Å². The van der Waals surface area contributed by atoms with Crippen LogP contribution in [0.2, 0.25) is 5.02 Å². The fourth-order valence-electron chi connectivity index (χ4n) is 3.48. The maximum atomic E-state index is 13.0. The summed E-state index contributed by atoms with van der Waals surface area (Å²) in [7, 11) is -3.61. The summed E-state index contributed by atoms with van der Waals surface area (Å²) in [5.41, 5.74) is 1.45. The molecule has 0 unspecified atom stereocenters. The summed E-state index contributed by atoms with van der Waals surface area (Å²) in [6.45, 7) is 4.09. The number of hydrogen-bond acceptors (Lipinski definition) is 6. The largest absolute Gasteiger partial charge is 0.378 e. The zero-order valence-electron chi connectivity index (χ0n) is 15.8. The third-order valence-electron chi connectivity index (χ3n) is 5.15. The van der Waals surface area contributed by atoms with Gasteiger partial charge in [0.2, 0.25) is 0 Å². The second-order valence-corrected chi connectivity index (χ2v) is 10.4. The van der Waals surface area contributed by atoms with E-state index in [1.54, 1.807) is 10.3 Å². The summed E-state index contributed by atoms with van der Waals surface area (Å²) in [5, 5.41) is 2.31. The Labute approximate surface area is 179 Å². The molecule has 2 aromatic rings. The Balaban J connectivity index is 1.42. The van der Waals surface area contributed by atoms with Gasteiger partial charge in [0, 0.05) is 55.4 Å². The fraction of sp³-hybridized carbons (Fsp3) is 0.421. The second kappa shape index (κ2) is 8.61. The van der Waals surface area contributed by atoms with Crippen LogP contribution in [0.25, 0.3) is 0 Å². The molecule has 0 saturated carbocycles. The van der Waals surface area contributed by atoms with Crippen LogP contribution in [0.15, 0.2) is 39.9 Å². The van der Waals surface area contributed by atoms with Crippen LogP contribution in [0.1, 0.15) is 10.4 Å². The van der Waals surface area contributed by atoms with E-state index in [1.807, 2.05) is 24.3 Å². The molecule has 2 aliphatic rings. The lowest BCUT2D eigenvalue weighted by Crippen LogP contribution is -2.48. The monoisotopic (exact) mass is 455 g/mol. The first-order valence-electron chi connectivity index (χ1n) is 9.41. The number of nitrogens with zero attached hydrogens (tertiary/aromatic N) is 3. The van der Waals surface area contributed by atoms with Crippen LogP contribution in [0.5, 0.6) is 0 Å². The Morgan fingerprint density at radius 2 is 1.66 bits per heavy atom. The maximum Gasteiger partial charge on any atom is 0.254 e. The van der Waals surface area contributed by atoms with Crippen molar-refractivity contribution in [3.05, 3.63) is 46.3 Å². The highest BCUT2D eigenvalue weighted by Crippen LogP contribution is 2.27. The molecule has 7 nitrogen and oxygen atoms in total. The molecule has 0 aliphatic carbocycles. The number of piperazine rings is 1. The molecule has 2 saturated heterocycles. The van der Waals surface area contributed by atoms with E-state index in [0.717, 1.165) is 17.0 Å². The first kappa shape index (κ1) is 20.6. The van der Waals surface area contributed by atoms with Gasteiger partial charge in [-0.1, -0.05) is 11.6 Å². The summed E-state index contributed by atoms with van der Waals surface area (Å²) in [4.78, 5) is 16.4. The van der Waals surface area contributed by atoms with E-state index in [9.17, 15) is 13.2 Å². The third kappa shape index (κ3) is 4.44. The molecular formula is C19H22ClN3O4S2. The van der Waals surface area contributed by atoms with Crippen LogP contribution in [-0.4, -0.2) is 76.0 Å². The van der Waals surface area contributed by atoms with Crippen molar-refractivity contribution >= 4 is 44.6 Å². The number of carbonyl (C=O) groups excluding carboxylic acids is 1. The van der Waals surface area contributed by atoms with Gasteiger partial charge in [0.05, 0.1) is 18.8 Å². The highest BCUT2D eigenvalue weighted by molar-refractivity contribution is 7.91. The van der Waals surface area contributed by atoms with Crippen molar-refractivity contribution in [2.75, 3.05) is 57.4 Å². The number of benzene rings is 1. The van der Waals surface area contributed by atoms with Crippen LogP contribution in [0.4, 0.5) is 5.69 Å². The SMILES string of the molecule is O=C(c1csc(S(=O)(=O)N2CCN(c3ccc(Cl)cc3)CC2)c1)N1CCOCC1. The van der Waals surface area contributed by atoms with Crippen LogP contribution < -0.4 is 4.90 Å². The number of amides is 1. The van der Waals surface area contributed by atoms with Crippen molar-refractivity contribution in [1.82, 2.24) is 9.21 Å². The summed E-state index contributed by atoms with van der Waals surface area (Å²) < 4.78 is 33.1. The smallest absolute Gasteiger partial charge is 0.254 e. The average Bonchev–Trinajstić information content (AvgIpc) is 3.26. The van der Waals surface area contributed by atoms with Gasteiger partial charge < -0.3 is 14.5 Å². The Morgan fingerprint density at radius 1 is 1.00 bits per heavy atom. The van der Waals surface area contributed by atoms with Crippen LogP contribution in [0.3, 0.4) is 0 Å². The van der Waals surface area contributed by atoms with Crippen LogP contribution >= 0.6 is 22.9 Å². The molecule has 0 N–H and O–H groups in total. The number of ether oxygens (including phenoxy) is 1. The van der Waals surface area contributed by atoms with Gasteiger partial charge in [0.15, 0.2) is 0 Å². The quantitative estimate of drug-likeness (QED) is 0.708. The van der Waals surface area contributed by atoms with Gasteiger partial charge in [0.1, 0.15) is 4.21 Å². The van der Waals surface area contributed by atoms with E-state index in [-0.39, 0.29) is 10.1 Å². The molecule has 0 bridgehead atoms. The molecule has 156 valence electrons. The number of anilines is 1. The minimum Gasteiger partial charge on any atom is -0.378 e. The van der Waals surface area contributed by atoms with Crippen LogP contribution in [0, 0.1) is 0 Å². The molecule has 0 spiro atoms. The summed E-state index contributed by atoms with van der Waals surface area (Å²) in [6, 6.07) is 9.05. The summed E-state index contributed by atoms with van der Waals surface area (Å²) in [5.74, 6) is -0.140. The number of halogens is 1. The lowest BCUT2D eigenvalue weighted by molar-refractivity contribution is 0.0303. The molecular weight excluding hydrogens is 434 g/mol. The number of hydrogen-bond donors (Lipinski definition) is 0. The number of carbonyl (C=O) groups is 1. The number of sulfonamides is 1. The van der Waals surface area contributed by atoms with Crippen molar-refractivity contribution in [3.8, 4) is 0 Å². The number of rotatable bonds is 4. The standard InChI is InChI=1S/C19H22ClN3O4S2/c20-16-1-3-17(4-2-16)21-5-7-23(8-6-21)29(25,26)18-13-15(14-28-18)19(24)22-9-11-27-12-10-22/h1-4,13-14H,5-12H2. The van der Waals surface area contributed by atoms with Crippen LogP contribution in [-0.2, 0) is 14.8 Å². The lowest BCUT2D eigenvalue weighted by atomic mass is 10.2. The first-order valence-corrected chi connectivity index (χ1v) is 12.1. The van der Waals surface area contributed by atoms with Crippen molar-refractivity contribution in [2.24, 2.45) is 0 Å². The Morgan fingerprint density at radius 3 is 2.31 bits per heavy atom. The van der Waals surface area contributed by atoms with Gasteiger partial charge in [-0.2, -0.15) is 4.31 Å². The molecule has 2 aliphatic heterocycles. The van der Waals surface area contributed by atoms with Crippen molar-refractivity contribution in [1.29, 1.82) is 0 Å². The Kier molecular flexibility index (Phi) is 6.12. The molecule has 0 atom stereocenters. The fourth-order valence-corrected chi connectivity index (χ4v) is 6.33. The summed E-state index contributed by atoms with van der Waals surface area (Å²) in [6.07, 6.45) is 0. The predicted octanol–water partition coefficient (Wildman–Crippen LogP) is 2.38. The molecule has 1 aromatic heterocycles. The van der Waals surface area contributed by atoms with Gasteiger partial charge >= 0.3 is 0 Å². The molecule has 0 radical (unpaired) electrons. The van der Waals surface area contributed by atoms with E-state index in [1.165, 1.54) is 10.4 Å². The van der Waals surface area contributed by atoms with E-state index in [4.69, 9.17) is 16.3 Å². The van der Waals surface area contributed by atoms with Gasteiger partial charge in [-0.15, -0.1) is 11.3 Å². The minimum atomic E-state index is -3.61. The first-order chi connectivity index (χ1) is 13.9. The van der Waals surface area contributed by atoms with E-state index in [0.29, 0.717) is 63.1 Å². The third-order valence-corrected chi connectivity index (χ3v) is 8.71. The molecule has 29 heavy (non-hydrogen) atoms. The highest BCUT2D eigenvalue weighted by Gasteiger charge is 2.31. The highest BCUT2D eigenvalue weighted by atomic mass is 35.5. The number of thiophene rings is 1. The van der Waals surface area contributed by atoms with E-state index in [2.05, 4.69) is 4.90 Å². The second-order valence-electron chi connectivity index (χ2n) is 6.93. The normalized spacial score (nSPS) is 18.8. The molecule has 1 amide bonds. The molecule has 10 heteroatoms. The zero-order valence-corrected chi connectivity index (χ0v) is 18.2. The van der Waals surface area contributed by atoms with Gasteiger partial charge in [-0.3, -0.25) is 4.79 Å². The molecule has 2 fully saturated rings. The van der Waals surface area contributed by atoms with Crippen molar-refractivity contribution in [2.45, 2.75) is 4.21 Å². The molecule has 3 heterocycles. The molecule has 4 rings (SSSR count). The maximum absolute atomic E-state index is 13.0. The zero-order chi connectivity index (χ0) is 20.4. The Hall–Kier alpha value is -1.65. The van der Waals surface area contributed by atoms with Crippen molar-refractivity contribution < 1.29 is 17.9 Å². The molecule has 1 aromatic carbocycles. The van der Waals surface area contributed by atoms with Gasteiger partial charge in [-0.25, -0.2) is 8.42 Å². The summed E-state index contributed by atoms with van der Waals surface area (Å²) >= 11 is 7.04. The topological polar surface area (TPSA) is 70.2 Å². The Bertz CT molecular complexity index is 964.